The summed E-state index contributed by atoms with van der Waals surface area (Å²) in [4.78, 5) is 0. The van der Waals surface area contributed by atoms with Crippen molar-refractivity contribution < 1.29 is 4.74 Å². The van der Waals surface area contributed by atoms with Crippen molar-refractivity contribution in [2.45, 2.75) is 13.5 Å². The van der Waals surface area contributed by atoms with Gasteiger partial charge in [0.05, 0.1) is 7.11 Å². The molecular weight excluding hydrogens is 354 g/mol. The third-order valence-electron chi connectivity index (χ3n) is 4.69. The van der Waals surface area contributed by atoms with Gasteiger partial charge < -0.3 is 19.9 Å². The maximum atomic E-state index is 5.47. The van der Waals surface area contributed by atoms with Crippen LogP contribution in [0.15, 0.2) is 66.7 Å². The third kappa shape index (κ3) is 3.34. The Morgan fingerprint density at radius 2 is 1.56 bits per heavy atom. The Kier molecular flexibility index (Phi) is 4.69. The second-order valence-electron chi connectivity index (χ2n) is 6.30. The van der Waals surface area contributed by atoms with Crippen LogP contribution in [0.2, 0.25) is 0 Å². The van der Waals surface area contributed by atoms with Gasteiger partial charge in [0, 0.05) is 39.7 Å². The number of methoxy groups -OCH3 is 1. The second kappa shape index (κ2) is 7.29. The van der Waals surface area contributed by atoms with Gasteiger partial charge in [-0.2, -0.15) is 0 Å². The van der Waals surface area contributed by atoms with Gasteiger partial charge >= 0.3 is 0 Å². The number of anilines is 2. The van der Waals surface area contributed by atoms with E-state index in [0.29, 0.717) is 5.11 Å². The molecule has 0 fully saturated rings. The van der Waals surface area contributed by atoms with E-state index >= 15 is 0 Å². The summed E-state index contributed by atoms with van der Waals surface area (Å²) in [5, 5.41) is 9.52. The van der Waals surface area contributed by atoms with Crippen molar-refractivity contribution >= 4 is 50.5 Å². The molecule has 27 heavy (non-hydrogen) atoms. The van der Waals surface area contributed by atoms with E-state index in [-0.39, 0.29) is 0 Å². The lowest BCUT2D eigenvalue weighted by Crippen LogP contribution is -2.18. The van der Waals surface area contributed by atoms with Gasteiger partial charge in [-0.1, -0.05) is 18.2 Å². The minimum absolute atomic E-state index is 0.554. The van der Waals surface area contributed by atoms with E-state index in [9.17, 15) is 0 Å². The number of rotatable bonds is 4. The molecule has 0 atom stereocenters. The van der Waals surface area contributed by atoms with Gasteiger partial charge in [0.15, 0.2) is 5.11 Å². The molecule has 0 bridgehead atoms. The highest BCUT2D eigenvalue weighted by atomic mass is 32.1. The molecule has 0 unspecified atom stereocenters. The Labute approximate surface area is 163 Å². The predicted octanol–water partition coefficient (Wildman–Crippen LogP) is 5.63. The summed E-state index contributed by atoms with van der Waals surface area (Å²) in [6, 6.07) is 22.5. The van der Waals surface area contributed by atoms with Crippen LogP contribution in [0.1, 0.15) is 6.92 Å². The zero-order chi connectivity index (χ0) is 18.8. The van der Waals surface area contributed by atoms with Crippen LogP contribution in [0.3, 0.4) is 0 Å². The highest BCUT2D eigenvalue weighted by molar-refractivity contribution is 7.80. The number of nitrogens with zero attached hydrogens (tertiary/aromatic N) is 1. The van der Waals surface area contributed by atoms with Gasteiger partial charge in [-0.05, 0) is 67.7 Å². The topological polar surface area (TPSA) is 38.2 Å². The van der Waals surface area contributed by atoms with Crippen molar-refractivity contribution in [2.24, 2.45) is 0 Å². The lowest BCUT2D eigenvalue weighted by molar-refractivity contribution is 0.415. The number of aryl methyl sites for hydroxylation is 1. The number of para-hydroxylation sites is 1. The highest BCUT2D eigenvalue weighted by Gasteiger charge is 2.10. The van der Waals surface area contributed by atoms with Crippen LogP contribution in [0.5, 0.6) is 5.75 Å². The van der Waals surface area contributed by atoms with Crippen LogP contribution < -0.4 is 15.4 Å². The Bertz CT molecular complexity index is 1120. The van der Waals surface area contributed by atoms with Gasteiger partial charge in [0.2, 0.25) is 0 Å². The van der Waals surface area contributed by atoms with Crippen molar-refractivity contribution in [2.75, 3.05) is 17.7 Å². The van der Waals surface area contributed by atoms with Gasteiger partial charge in [0.25, 0.3) is 0 Å². The summed E-state index contributed by atoms with van der Waals surface area (Å²) in [7, 11) is 1.65. The second-order valence-corrected chi connectivity index (χ2v) is 6.71. The van der Waals surface area contributed by atoms with E-state index in [2.05, 4.69) is 64.6 Å². The number of hydrogen-bond donors (Lipinski definition) is 2. The molecule has 0 radical (unpaired) electrons. The van der Waals surface area contributed by atoms with Crippen LogP contribution >= 0.6 is 12.2 Å². The number of fused-ring (bicyclic) bond motifs is 3. The molecule has 4 rings (SSSR count). The van der Waals surface area contributed by atoms with E-state index in [1.54, 1.807) is 7.11 Å². The average molecular weight is 375 g/mol. The van der Waals surface area contributed by atoms with Crippen LogP contribution in [0.25, 0.3) is 21.8 Å². The Hall–Kier alpha value is -3.05. The summed E-state index contributed by atoms with van der Waals surface area (Å²) in [5.41, 5.74) is 4.37. The maximum Gasteiger partial charge on any atom is 0.175 e. The maximum absolute atomic E-state index is 5.47. The van der Waals surface area contributed by atoms with E-state index in [0.717, 1.165) is 23.7 Å². The molecule has 136 valence electrons. The highest BCUT2D eigenvalue weighted by Crippen LogP contribution is 2.31. The van der Waals surface area contributed by atoms with Crippen LogP contribution in [-0.2, 0) is 6.54 Å². The first-order valence-corrected chi connectivity index (χ1v) is 9.33. The van der Waals surface area contributed by atoms with Crippen molar-refractivity contribution in [3.05, 3.63) is 66.7 Å². The van der Waals surface area contributed by atoms with Gasteiger partial charge in [-0.3, -0.25) is 0 Å². The fourth-order valence-electron chi connectivity index (χ4n) is 3.44. The third-order valence-corrected chi connectivity index (χ3v) is 4.90. The molecular formula is C22H21N3OS. The lowest BCUT2D eigenvalue weighted by Gasteiger charge is -2.11. The lowest BCUT2D eigenvalue weighted by atomic mass is 10.1. The van der Waals surface area contributed by atoms with Crippen molar-refractivity contribution in [3.8, 4) is 5.75 Å². The summed E-state index contributed by atoms with van der Waals surface area (Å²) in [5.74, 6) is 0.817. The molecule has 0 aliphatic carbocycles. The molecule has 0 aliphatic rings. The standard InChI is InChI=1S/C22H21N3OS/c1-3-25-20-7-5-4-6-18(20)19-14-16(10-13-21(19)25)24-22(27)23-15-8-11-17(26-2)12-9-15/h4-14H,3H2,1-2H3,(H2,23,24,27). The molecule has 4 nitrogen and oxygen atoms in total. The number of benzene rings is 3. The smallest absolute Gasteiger partial charge is 0.175 e. The Balaban J connectivity index is 1.60. The minimum atomic E-state index is 0.554. The first-order valence-electron chi connectivity index (χ1n) is 8.92. The zero-order valence-corrected chi connectivity index (χ0v) is 16.1. The van der Waals surface area contributed by atoms with E-state index in [1.807, 2.05) is 24.3 Å². The molecule has 0 saturated carbocycles. The quantitative estimate of drug-likeness (QED) is 0.453. The number of nitrogens with one attached hydrogen (secondary N) is 2. The summed E-state index contributed by atoms with van der Waals surface area (Å²) < 4.78 is 7.51. The molecule has 4 aromatic rings. The van der Waals surface area contributed by atoms with Gasteiger partial charge in [-0.15, -0.1) is 0 Å². The molecule has 2 N–H and O–H groups in total. The SMILES string of the molecule is CCn1c2ccccc2c2cc(NC(=S)Nc3ccc(OC)cc3)ccc21. The number of hydrogen-bond acceptors (Lipinski definition) is 2. The molecule has 5 heteroatoms. The fourth-order valence-corrected chi connectivity index (χ4v) is 3.68. The monoisotopic (exact) mass is 375 g/mol. The summed E-state index contributed by atoms with van der Waals surface area (Å²) >= 11 is 5.47. The van der Waals surface area contributed by atoms with E-state index in [4.69, 9.17) is 17.0 Å². The predicted molar refractivity (Wildman–Crippen MR) is 118 cm³/mol. The minimum Gasteiger partial charge on any atom is -0.497 e. The van der Waals surface area contributed by atoms with Crippen LogP contribution in [0.4, 0.5) is 11.4 Å². The summed E-state index contributed by atoms with van der Waals surface area (Å²) in [6.45, 7) is 3.11. The normalized spacial score (nSPS) is 10.9. The van der Waals surface area contributed by atoms with Gasteiger partial charge in [0.1, 0.15) is 5.75 Å². The molecule has 1 aromatic heterocycles. The molecule has 3 aromatic carbocycles. The molecule has 0 saturated heterocycles. The molecule has 0 aliphatic heterocycles. The Morgan fingerprint density at radius 1 is 0.889 bits per heavy atom. The molecule has 0 spiro atoms. The largest absolute Gasteiger partial charge is 0.497 e. The van der Waals surface area contributed by atoms with Crippen molar-refractivity contribution in [1.82, 2.24) is 4.57 Å². The summed E-state index contributed by atoms with van der Waals surface area (Å²) in [6.07, 6.45) is 0. The first kappa shape index (κ1) is 17.4. The van der Waals surface area contributed by atoms with Crippen molar-refractivity contribution in [3.63, 3.8) is 0 Å². The average Bonchev–Trinajstić information content (AvgIpc) is 3.01. The van der Waals surface area contributed by atoms with Crippen molar-refractivity contribution in [1.29, 1.82) is 0 Å². The number of thiocarbonyl (C=S) groups is 1. The fraction of sp³-hybridized carbons (Fsp3) is 0.136. The van der Waals surface area contributed by atoms with Crippen LogP contribution in [-0.4, -0.2) is 16.8 Å². The number of ether oxygens (including phenoxy) is 1. The zero-order valence-electron chi connectivity index (χ0n) is 15.3. The first-order chi connectivity index (χ1) is 13.2. The van der Waals surface area contributed by atoms with Gasteiger partial charge in [-0.25, -0.2) is 0 Å². The Morgan fingerprint density at radius 3 is 2.30 bits per heavy atom. The van der Waals surface area contributed by atoms with E-state index < -0.39 is 0 Å². The van der Waals surface area contributed by atoms with Crippen LogP contribution in [0, 0.1) is 0 Å². The molecule has 0 amide bonds. The molecule has 1 heterocycles. The van der Waals surface area contributed by atoms with E-state index in [1.165, 1.54) is 21.8 Å². The number of aromatic nitrogens is 1.